The van der Waals surface area contributed by atoms with E-state index in [1.807, 2.05) is 58.5 Å². The molecule has 2 amide bonds. The Morgan fingerprint density at radius 1 is 1.05 bits per heavy atom. The molecule has 0 radical (unpaired) electrons. The Kier molecular flexibility index (Phi) is 9.10. The Morgan fingerprint density at radius 3 is 2.68 bits per heavy atom. The van der Waals surface area contributed by atoms with Gasteiger partial charge in [0.05, 0.1) is 12.5 Å². The lowest BCUT2D eigenvalue weighted by Gasteiger charge is -2.35. The minimum atomic E-state index is -0.0946. The van der Waals surface area contributed by atoms with E-state index in [1.54, 1.807) is 7.11 Å². The molecule has 4 aromatic rings. The zero-order valence-electron chi connectivity index (χ0n) is 23.7. The maximum Gasteiger partial charge on any atom is 0.254 e. The smallest absolute Gasteiger partial charge is 0.254 e. The van der Waals surface area contributed by atoms with Gasteiger partial charge < -0.3 is 24.8 Å². The molecule has 2 aromatic carbocycles. The first kappa shape index (κ1) is 28.1. The van der Waals surface area contributed by atoms with Gasteiger partial charge in [-0.15, -0.1) is 0 Å². The maximum atomic E-state index is 13.5. The Bertz CT molecular complexity index is 1480. The number of carbonyl (C=O) groups is 2. The molecule has 2 N–H and O–H groups in total. The molecule has 1 aliphatic heterocycles. The summed E-state index contributed by atoms with van der Waals surface area (Å²) in [5.74, 6) is 1.54. The number of hydrogen-bond acceptors (Lipinski definition) is 7. The summed E-state index contributed by atoms with van der Waals surface area (Å²) in [6.45, 7) is 6.54. The van der Waals surface area contributed by atoms with E-state index in [4.69, 9.17) is 4.74 Å². The lowest BCUT2D eigenvalue weighted by molar-refractivity contribution is -0.118. The number of aryl methyl sites for hydroxylation is 1. The van der Waals surface area contributed by atoms with Crippen LogP contribution in [0, 0.1) is 0 Å². The van der Waals surface area contributed by atoms with Gasteiger partial charge in [0.25, 0.3) is 5.91 Å². The second-order valence-electron chi connectivity index (χ2n) is 10.2. The van der Waals surface area contributed by atoms with Gasteiger partial charge >= 0.3 is 0 Å². The van der Waals surface area contributed by atoms with E-state index in [9.17, 15) is 9.59 Å². The zero-order valence-corrected chi connectivity index (χ0v) is 23.7. The van der Waals surface area contributed by atoms with Crippen LogP contribution in [0.4, 0.5) is 11.5 Å². The van der Waals surface area contributed by atoms with Gasteiger partial charge in [-0.1, -0.05) is 18.2 Å². The molecule has 0 atom stereocenters. The van der Waals surface area contributed by atoms with Crippen molar-refractivity contribution in [1.82, 2.24) is 30.1 Å². The number of amides is 2. The van der Waals surface area contributed by atoms with Gasteiger partial charge in [0, 0.05) is 63.6 Å². The Labute approximate surface area is 240 Å². The summed E-state index contributed by atoms with van der Waals surface area (Å²) in [5.41, 5.74) is 3.48. The number of benzene rings is 2. The highest BCUT2D eigenvalue weighted by atomic mass is 16.5. The number of rotatable bonds is 11. The molecule has 0 spiro atoms. The topological polar surface area (TPSA) is 107 Å². The number of hydrogen-bond donors (Lipinski definition) is 2. The predicted octanol–water partition coefficient (Wildman–Crippen LogP) is 3.63. The standard InChI is InChI=1S/C31H37N7O3/c1-23(39)32-13-15-38(30-28-11-12-33-29(28)34-22-35-30)26-9-4-8-25(21-26)31(40)37-18-16-36(17-19-37)14-5-7-24-6-3-10-27(20-24)41-2/h3-4,6,8-12,20-22H,5,7,13-19H2,1-2H3,(H,32,39)(H,33,34,35). The minimum absolute atomic E-state index is 0.0270. The Morgan fingerprint density at radius 2 is 1.88 bits per heavy atom. The van der Waals surface area contributed by atoms with E-state index >= 15 is 0 Å². The molecule has 1 fully saturated rings. The third kappa shape index (κ3) is 7.01. The van der Waals surface area contributed by atoms with E-state index in [2.05, 4.69) is 37.3 Å². The first-order valence-corrected chi connectivity index (χ1v) is 14.1. The fourth-order valence-corrected chi connectivity index (χ4v) is 5.27. The van der Waals surface area contributed by atoms with Crippen LogP contribution in [0.15, 0.2) is 67.1 Å². The van der Waals surface area contributed by atoms with Crippen molar-refractivity contribution in [3.05, 3.63) is 78.2 Å². The van der Waals surface area contributed by atoms with E-state index < -0.39 is 0 Å². The molecule has 5 rings (SSSR count). The maximum absolute atomic E-state index is 13.5. The molecule has 0 aliphatic carbocycles. The molecule has 1 aliphatic rings. The first-order valence-electron chi connectivity index (χ1n) is 14.1. The van der Waals surface area contributed by atoms with Crippen molar-refractivity contribution in [3.8, 4) is 5.75 Å². The van der Waals surface area contributed by atoms with Crippen LogP contribution in [-0.2, 0) is 11.2 Å². The molecule has 2 aromatic heterocycles. The van der Waals surface area contributed by atoms with Crippen molar-refractivity contribution < 1.29 is 14.3 Å². The van der Waals surface area contributed by atoms with Crippen molar-refractivity contribution >= 4 is 34.4 Å². The van der Waals surface area contributed by atoms with Crippen LogP contribution in [-0.4, -0.2) is 89.5 Å². The van der Waals surface area contributed by atoms with Crippen molar-refractivity contribution in [2.75, 3.05) is 57.8 Å². The SMILES string of the molecule is COc1cccc(CCCN2CCN(C(=O)c3cccc(N(CCNC(C)=O)c4ncnc5[nH]ccc45)c3)CC2)c1. The predicted molar refractivity (Wildman–Crippen MR) is 160 cm³/mol. The highest BCUT2D eigenvalue weighted by Gasteiger charge is 2.23. The molecule has 0 bridgehead atoms. The summed E-state index contributed by atoms with van der Waals surface area (Å²) < 4.78 is 5.33. The molecule has 1 saturated heterocycles. The first-order chi connectivity index (χ1) is 20.0. The Balaban J connectivity index is 1.22. The summed E-state index contributed by atoms with van der Waals surface area (Å²) in [6, 6.07) is 17.8. The highest BCUT2D eigenvalue weighted by molar-refractivity contribution is 5.96. The van der Waals surface area contributed by atoms with E-state index in [0.29, 0.717) is 37.6 Å². The number of ether oxygens (including phenoxy) is 1. The number of nitrogens with zero attached hydrogens (tertiary/aromatic N) is 5. The second-order valence-corrected chi connectivity index (χ2v) is 10.2. The van der Waals surface area contributed by atoms with Crippen molar-refractivity contribution in [1.29, 1.82) is 0 Å². The minimum Gasteiger partial charge on any atom is -0.497 e. The van der Waals surface area contributed by atoms with Crippen molar-refractivity contribution in [2.45, 2.75) is 19.8 Å². The molecule has 41 heavy (non-hydrogen) atoms. The number of nitrogens with one attached hydrogen (secondary N) is 2. The molecule has 3 heterocycles. The molecule has 10 heteroatoms. The molecular weight excluding hydrogens is 518 g/mol. The average molecular weight is 556 g/mol. The quantitative estimate of drug-likeness (QED) is 0.291. The van der Waals surface area contributed by atoms with E-state index in [1.165, 1.54) is 18.8 Å². The third-order valence-electron chi connectivity index (χ3n) is 7.44. The average Bonchev–Trinajstić information content (AvgIpc) is 3.49. The third-order valence-corrected chi connectivity index (χ3v) is 7.44. The number of aromatic amines is 1. The number of fused-ring (bicyclic) bond motifs is 1. The number of piperazine rings is 1. The van der Waals surface area contributed by atoms with Gasteiger partial charge in [0.2, 0.25) is 5.91 Å². The van der Waals surface area contributed by atoms with Crippen LogP contribution in [0.5, 0.6) is 5.75 Å². The second kappa shape index (κ2) is 13.3. The van der Waals surface area contributed by atoms with Crippen LogP contribution < -0.4 is 15.0 Å². The highest BCUT2D eigenvalue weighted by Crippen LogP contribution is 2.30. The number of anilines is 2. The largest absolute Gasteiger partial charge is 0.497 e. The molecular formula is C31H37N7O3. The fraction of sp³-hybridized carbons (Fsp3) is 0.355. The van der Waals surface area contributed by atoms with Gasteiger partial charge in [0.15, 0.2) is 0 Å². The lowest BCUT2D eigenvalue weighted by atomic mass is 10.1. The van der Waals surface area contributed by atoms with Gasteiger partial charge in [-0.3, -0.25) is 14.5 Å². The normalized spacial score (nSPS) is 13.8. The van der Waals surface area contributed by atoms with Crippen LogP contribution >= 0.6 is 0 Å². The van der Waals surface area contributed by atoms with Crippen molar-refractivity contribution in [3.63, 3.8) is 0 Å². The van der Waals surface area contributed by atoms with Gasteiger partial charge in [0.1, 0.15) is 23.5 Å². The summed E-state index contributed by atoms with van der Waals surface area (Å²) in [5, 5.41) is 3.73. The number of methoxy groups -OCH3 is 1. The monoisotopic (exact) mass is 555 g/mol. The van der Waals surface area contributed by atoms with Gasteiger partial charge in [-0.2, -0.15) is 0 Å². The summed E-state index contributed by atoms with van der Waals surface area (Å²) in [4.78, 5) is 43.5. The summed E-state index contributed by atoms with van der Waals surface area (Å²) in [7, 11) is 1.69. The number of carbonyl (C=O) groups excluding carboxylic acids is 2. The summed E-state index contributed by atoms with van der Waals surface area (Å²) in [6.07, 6.45) is 5.41. The van der Waals surface area contributed by atoms with Gasteiger partial charge in [-0.05, 0) is 61.3 Å². The van der Waals surface area contributed by atoms with E-state index in [-0.39, 0.29) is 11.8 Å². The number of aromatic nitrogens is 3. The lowest BCUT2D eigenvalue weighted by Crippen LogP contribution is -2.48. The molecule has 0 unspecified atom stereocenters. The summed E-state index contributed by atoms with van der Waals surface area (Å²) >= 11 is 0. The molecule has 0 saturated carbocycles. The number of H-pyrrole nitrogens is 1. The van der Waals surface area contributed by atoms with E-state index in [0.717, 1.165) is 54.9 Å². The molecule has 214 valence electrons. The van der Waals surface area contributed by atoms with Crippen molar-refractivity contribution in [2.24, 2.45) is 0 Å². The van der Waals surface area contributed by atoms with Crippen LogP contribution in [0.2, 0.25) is 0 Å². The zero-order chi connectivity index (χ0) is 28.6. The molecule has 10 nitrogen and oxygen atoms in total. The Hall–Kier alpha value is -4.44. The van der Waals surface area contributed by atoms with Crippen LogP contribution in [0.3, 0.4) is 0 Å². The van der Waals surface area contributed by atoms with Crippen LogP contribution in [0.25, 0.3) is 11.0 Å². The van der Waals surface area contributed by atoms with Gasteiger partial charge in [-0.25, -0.2) is 9.97 Å². The fourth-order valence-electron chi connectivity index (χ4n) is 5.27. The van der Waals surface area contributed by atoms with Crippen LogP contribution in [0.1, 0.15) is 29.3 Å².